The molecule has 0 radical (unpaired) electrons. The Morgan fingerprint density at radius 2 is 2.04 bits per heavy atom. The molecule has 0 saturated carbocycles. The average Bonchev–Trinajstić information content (AvgIpc) is 3.00. The zero-order valence-corrected chi connectivity index (χ0v) is 15.3. The molecule has 0 amide bonds. The van der Waals surface area contributed by atoms with Crippen LogP contribution in [0.2, 0.25) is 5.02 Å². The minimum Gasteiger partial charge on any atom is -0.444 e. The molecule has 1 fully saturated rings. The second-order valence-corrected chi connectivity index (χ2v) is 8.35. The van der Waals surface area contributed by atoms with Crippen LogP contribution in [0.5, 0.6) is 0 Å². The number of halogens is 4. The van der Waals surface area contributed by atoms with Crippen molar-refractivity contribution in [2.75, 3.05) is 6.54 Å². The van der Waals surface area contributed by atoms with Crippen LogP contribution in [-0.2, 0) is 16.2 Å². The highest BCUT2D eigenvalue weighted by molar-refractivity contribution is 7.89. The van der Waals surface area contributed by atoms with E-state index in [0.717, 1.165) is 12.5 Å². The molecule has 2 aromatic rings. The van der Waals surface area contributed by atoms with Crippen LogP contribution in [0.25, 0.3) is 0 Å². The number of oxazole rings is 1. The van der Waals surface area contributed by atoms with Crippen LogP contribution in [0.15, 0.2) is 33.7 Å². The van der Waals surface area contributed by atoms with Crippen LogP contribution in [0.3, 0.4) is 0 Å². The first kappa shape index (κ1) is 19.2. The van der Waals surface area contributed by atoms with Crippen molar-refractivity contribution in [3.63, 3.8) is 0 Å². The van der Waals surface area contributed by atoms with Crippen molar-refractivity contribution < 1.29 is 26.0 Å². The van der Waals surface area contributed by atoms with Gasteiger partial charge < -0.3 is 4.42 Å². The maximum Gasteiger partial charge on any atom is 0.416 e. The Bertz CT molecular complexity index is 912. The third kappa shape index (κ3) is 3.60. The summed E-state index contributed by atoms with van der Waals surface area (Å²) in [6.07, 6.45) is -1.17. The van der Waals surface area contributed by atoms with Crippen LogP contribution in [0.1, 0.15) is 42.5 Å². The SMILES string of the molecule is Cc1cnc([C@@H]2CCCCN2S(=O)(=O)c2ccc(C(F)(F)F)cc2Cl)o1. The van der Waals surface area contributed by atoms with Gasteiger partial charge in [-0.15, -0.1) is 0 Å². The molecule has 1 aliphatic heterocycles. The molecule has 2 heterocycles. The van der Waals surface area contributed by atoms with Gasteiger partial charge in [0.05, 0.1) is 16.8 Å². The molecule has 0 bridgehead atoms. The van der Waals surface area contributed by atoms with E-state index in [-0.39, 0.29) is 17.3 Å². The summed E-state index contributed by atoms with van der Waals surface area (Å²) in [4.78, 5) is 3.75. The summed E-state index contributed by atoms with van der Waals surface area (Å²) < 4.78 is 71.2. The molecule has 1 aromatic carbocycles. The van der Waals surface area contributed by atoms with Crippen LogP contribution in [0, 0.1) is 6.92 Å². The van der Waals surface area contributed by atoms with Crippen molar-refractivity contribution in [2.45, 2.75) is 43.3 Å². The summed E-state index contributed by atoms with van der Waals surface area (Å²) >= 11 is 5.89. The number of sulfonamides is 1. The van der Waals surface area contributed by atoms with Crippen molar-refractivity contribution in [1.29, 1.82) is 0 Å². The monoisotopic (exact) mass is 408 g/mol. The fraction of sp³-hybridized carbons (Fsp3) is 0.438. The molecule has 26 heavy (non-hydrogen) atoms. The minimum atomic E-state index is -4.60. The van der Waals surface area contributed by atoms with Crippen LogP contribution in [0.4, 0.5) is 13.2 Å². The third-order valence-corrected chi connectivity index (χ3v) is 6.61. The number of hydrogen-bond acceptors (Lipinski definition) is 4. The molecule has 0 aliphatic carbocycles. The summed E-state index contributed by atoms with van der Waals surface area (Å²) in [5.74, 6) is 0.823. The van der Waals surface area contributed by atoms with Gasteiger partial charge in [0.15, 0.2) is 0 Å². The minimum absolute atomic E-state index is 0.214. The topological polar surface area (TPSA) is 63.4 Å². The zero-order valence-electron chi connectivity index (χ0n) is 13.8. The van der Waals surface area contributed by atoms with E-state index in [1.165, 1.54) is 10.5 Å². The van der Waals surface area contributed by atoms with Gasteiger partial charge >= 0.3 is 6.18 Å². The Hall–Kier alpha value is -1.58. The van der Waals surface area contributed by atoms with E-state index in [4.69, 9.17) is 16.0 Å². The smallest absolute Gasteiger partial charge is 0.416 e. The Morgan fingerprint density at radius 3 is 2.62 bits per heavy atom. The Labute approximate surface area is 153 Å². The van der Waals surface area contributed by atoms with Crippen molar-refractivity contribution in [3.05, 3.63) is 46.6 Å². The maximum atomic E-state index is 13.1. The molecule has 3 rings (SSSR count). The summed E-state index contributed by atoms with van der Waals surface area (Å²) in [5, 5.41) is -0.465. The van der Waals surface area contributed by atoms with Crippen LogP contribution in [-0.4, -0.2) is 24.3 Å². The molecule has 1 aromatic heterocycles. The Morgan fingerprint density at radius 1 is 1.31 bits per heavy atom. The molecule has 0 unspecified atom stereocenters. The molecule has 5 nitrogen and oxygen atoms in total. The summed E-state index contributed by atoms with van der Waals surface area (Å²) in [6.45, 7) is 1.91. The summed E-state index contributed by atoms with van der Waals surface area (Å²) in [7, 11) is -4.11. The van der Waals surface area contributed by atoms with E-state index in [2.05, 4.69) is 4.98 Å². The quantitative estimate of drug-likeness (QED) is 0.746. The van der Waals surface area contributed by atoms with Crippen LogP contribution >= 0.6 is 11.6 Å². The van der Waals surface area contributed by atoms with E-state index in [9.17, 15) is 21.6 Å². The van der Waals surface area contributed by atoms with E-state index in [1.807, 2.05) is 0 Å². The lowest BCUT2D eigenvalue weighted by molar-refractivity contribution is -0.137. The zero-order chi connectivity index (χ0) is 19.1. The number of hydrogen-bond donors (Lipinski definition) is 0. The van der Waals surface area contributed by atoms with Crippen molar-refractivity contribution in [1.82, 2.24) is 9.29 Å². The van der Waals surface area contributed by atoms with E-state index in [0.29, 0.717) is 30.7 Å². The number of aryl methyl sites for hydroxylation is 1. The first-order valence-corrected chi connectivity index (χ1v) is 9.73. The molecule has 1 atom stereocenters. The Balaban J connectivity index is 2.00. The highest BCUT2D eigenvalue weighted by Crippen LogP contribution is 2.38. The van der Waals surface area contributed by atoms with Crippen molar-refractivity contribution in [3.8, 4) is 0 Å². The van der Waals surface area contributed by atoms with Gasteiger partial charge in [-0.2, -0.15) is 17.5 Å². The number of piperidine rings is 1. The third-order valence-electron chi connectivity index (χ3n) is 4.22. The molecule has 1 aliphatic rings. The molecular weight excluding hydrogens is 393 g/mol. The highest BCUT2D eigenvalue weighted by atomic mass is 35.5. The predicted molar refractivity (Wildman–Crippen MR) is 88.2 cm³/mol. The molecule has 10 heteroatoms. The first-order valence-electron chi connectivity index (χ1n) is 7.91. The van der Waals surface area contributed by atoms with E-state index < -0.39 is 32.8 Å². The number of rotatable bonds is 3. The highest BCUT2D eigenvalue weighted by Gasteiger charge is 2.39. The first-order chi connectivity index (χ1) is 12.1. The van der Waals surface area contributed by atoms with Gasteiger partial charge in [0.25, 0.3) is 0 Å². The lowest BCUT2D eigenvalue weighted by Gasteiger charge is -2.33. The normalized spacial score (nSPS) is 19.7. The molecule has 0 spiro atoms. The maximum absolute atomic E-state index is 13.1. The number of nitrogens with zero attached hydrogens (tertiary/aromatic N) is 2. The van der Waals surface area contributed by atoms with Gasteiger partial charge in [0.1, 0.15) is 16.7 Å². The standard InChI is InChI=1S/C16H16ClF3N2O3S/c1-10-9-21-15(25-10)13-4-2-3-7-22(13)26(23,24)14-6-5-11(8-12(14)17)16(18,19)20/h5-6,8-9,13H,2-4,7H2,1H3/t13-/m0/s1. The lowest BCUT2D eigenvalue weighted by Crippen LogP contribution is -2.38. The van der Waals surface area contributed by atoms with E-state index in [1.54, 1.807) is 6.92 Å². The fourth-order valence-electron chi connectivity index (χ4n) is 2.98. The average molecular weight is 409 g/mol. The van der Waals surface area contributed by atoms with Gasteiger partial charge in [-0.25, -0.2) is 13.4 Å². The predicted octanol–water partition coefficient (Wildman–Crippen LogP) is 4.57. The van der Waals surface area contributed by atoms with Crippen LogP contribution < -0.4 is 0 Å². The van der Waals surface area contributed by atoms with Gasteiger partial charge in [-0.1, -0.05) is 18.0 Å². The Kier molecular flexibility index (Phi) is 5.06. The lowest BCUT2D eigenvalue weighted by atomic mass is 10.1. The molecule has 142 valence electrons. The number of alkyl halides is 3. The second kappa shape index (κ2) is 6.86. The summed E-state index contributed by atoms with van der Waals surface area (Å²) in [6, 6.07) is 1.63. The fourth-order valence-corrected chi connectivity index (χ4v) is 5.15. The van der Waals surface area contributed by atoms with Gasteiger partial charge in [0.2, 0.25) is 15.9 Å². The van der Waals surface area contributed by atoms with Crippen molar-refractivity contribution in [2.24, 2.45) is 0 Å². The van der Waals surface area contributed by atoms with Gasteiger partial charge in [-0.3, -0.25) is 0 Å². The molecule has 1 saturated heterocycles. The largest absolute Gasteiger partial charge is 0.444 e. The van der Waals surface area contributed by atoms with Gasteiger partial charge in [-0.05, 0) is 38.0 Å². The van der Waals surface area contributed by atoms with Gasteiger partial charge in [0, 0.05) is 6.54 Å². The second-order valence-electron chi connectivity index (χ2n) is 6.08. The molecule has 0 N–H and O–H groups in total. The number of aromatic nitrogens is 1. The number of benzene rings is 1. The van der Waals surface area contributed by atoms with E-state index >= 15 is 0 Å². The summed E-state index contributed by atoms with van der Waals surface area (Å²) in [5.41, 5.74) is -1.00. The molecular formula is C16H16ClF3N2O3S. The van der Waals surface area contributed by atoms with Crippen molar-refractivity contribution >= 4 is 21.6 Å².